The monoisotopic (exact) mass is 858 g/mol. The number of allylic oxidation sites excluding steroid dienone is 6. The lowest BCUT2D eigenvalue weighted by molar-refractivity contribution is 1.22. The van der Waals surface area contributed by atoms with Crippen LogP contribution in [0.3, 0.4) is 0 Å². The second-order valence-corrected chi connectivity index (χ2v) is 26.1. The standard InChI is InChI=1S/C62H50S2/c1-63(2,55-37-29-45-21-19-39-11-9-13-41-27-35-53(55)61(45)57(39)41)47-31-23-43(24-32-47)59-49-15-5-7-17-51(49)60(52-18-8-6-16-50(52)59)44-25-33-48(34-26-44)64(3,4)56-38-30-46-22-20-40-12-10-14-42-28-36-54(56)62(46)58(40)42/h5-10,13-20,23-38H,11-12,21-22H2,1-4H3. The molecule has 13 rings (SSSR count). The van der Waals surface area contributed by atoms with Crippen molar-refractivity contribution in [2.24, 2.45) is 0 Å². The molecule has 0 spiro atoms. The average Bonchev–Trinajstić information content (AvgIpc) is 3.34. The van der Waals surface area contributed by atoms with Gasteiger partial charge in [-0.15, -0.1) is 0 Å². The molecule has 310 valence electrons. The van der Waals surface area contributed by atoms with Crippen molar-refractivity contribution in [1.29, 1.82) is 0 Å². The van der Waals surface area contributed by atoms with Crippen molar-refractivity contribution >= 4 is 86.4 Å². The first-order chi connectivity index (χ1) is 31.3. The van der Waals surface area contributed by atoms with Crippen LogP contribution in [0, 0.1) is 0 Å². The van der Waals surface area contributed by atoms with Crippen molar-refractivity contribution in [2.75, 3.05) is 25.0 Å². The lowest BCUT2D eigenvalue weighted by Crippen LogP contribution is -2.06. The maximum absolute atomic E-state index is 2.49. The normalized spacial score (nSPS) is 15.5. The summed E-state index contributed by atoms with van der Waals surface area (Å²) in [6, 6.07) is 56.7. The summed E-state index contributed by atoms with van der Waals surface area (Å²) in [4.78, 5) is 5.78. The first kappa shape index (κ1) is 38.2. The van der Waals surface area contributed by atoms with Gasteiger partial charge in [0, 0.05) is 9.79 Å². The molecular weight excluding hydrogens is 809 g/mol. The van der Waals surface area contributed by atoms with Crippen LogP contribution in [-0.2, 0) is 12.8 Å². The van der Waals surface area contributed by atoms with Gasteiger partial charge in [-0.2, -0.15) is 20.1 Å². The van der Waals surface area contributed by atoms with Crippen LogP contribution in [-0.4, -0.2) is 25.0 Å². The molecule has 0 saturated heterocycles. The summed E-state index contributed by atoms with van der Waals surface area (Å²) < 4.78 is 0. The third-order valence-electron chi connectivity index (χ3n) is 15.1. The Hall–Kier alpha value is -6.32. The molecule has 9 aromatic carbocycles. The van der Waals surface area contributed by atoms with Crippen LogP contribution in [0.25, 0.3) is 88.6 Å². The van der Waals surface area contributed by atoms with Crippen LogP contribution in [0.2, 0.25) is 0 Å². The van der Waals surface area contributed by atoms with E-state index in [1.54, 1.807) is 0 Å². The van der Waals surface area contributed by atoms with Gasteiger partial charge in [-0.05, 0) is 207 Å². The van der Waals surface area contributed by atoms with E-state index in [1.165, 1.54) is 129 Å². The molecule has 0 atom stereocenters. The van der Waals surface area contributed by atoms with E-state index >= 15 is 0 Å². The van der Waals surface area contributed by atoms with Crippen molar-refractivity contribution in [3.63, 3.8) is 0 Å². The third kappa shape index (κ3) is 5.52. The van der Waals surface area contributed by atoms with Crippen LogP contribution in [0.5, 0.6) is 0 Å². The molecule has 0 amide bonds. The SMILES string of the molecule is CS(C)(c1ccc(-c2c3ccccc3c(-c3ccc(S(C)(C)c4ccc5c6c7c(ccc46)C=CCC7=CC5)cc3)c3ccccc23)cc1)c1ccc2c3c4c(ccc13)C=CCC4=CC2. The van der Waals surface area contributed by atoms with Gasteiger partial charge in [0.15, 0.2) is 0 Å². The zero-order valence-electron chi connectivity index (χ0n) is 37.0. The molecule has 9 aromatic rings. The van der Waals surface area contributed by atoms with Crippen LogP contribution in [0.15, 0.2) is 189 Å². The molecule has 0 bridgehead atoms. The quantitative estimate of drug-likeness (QED) is 0.146. The predicted molar refractivity (Wildman–Crippen MR) is 283 cm³/mol. The lowest BCUT2D eigenvalue weighted by Gasteiger charge is -2.35. The van der Waals surface area contributed by atoms with E-state index in [0.717, 1.165) is 25.7 Å². The number of rotatable bonds is 6. The molecule has 4 aliphatic rings. The smallest absolute Gasteiger partial charge is 0.00152 e. The molecule has 0 N–H and O–H groups in total. The highest BCUT2D eigenvalue weighted by Crippen LogP contribution is 2.62. The van der Waals surface area contributed by atoms with Gasteiger partial charge in [0.2, 0.25) is 0 Å². The van der Waals surface area contributed by atoms with Crippen LogP contribution in [0.4, 0.5) is 0 Å². The average molecular weight is 859 g/mol. The predicted octanol–water partition coefficient (Wildman–Crippen LogP) is 17.3. The summed E-state index contributed by atoms with van der Waals surface area (Å²) in [6.07, 6.45) is 28.3. The topological polar surface area (TPSA) is 0 Å². The zero-order valence-corrected chi connectivity index (χ0v) is 38.6. The molecule has 0 fully saturated rings. The molecule has 64 heavy (non-hydrogen) atoms. The molecule has 0 unspecified atom stereocenters. The van der Waals surface area contributed by atoms with E-state index in [9.17, 15) is 0 Å². The van der Waals surface area contributed by atoms with E-state index < -0.39 is 20.1 Å². The van der Waals surface area contributed by atoms with Gasteiger partial charge >= 0.3 is 0 Å². The van der Waals surface area contributed by atoms with Crippen LogP contribution in [0.1, 0.15) is 46.2 Å². The summed E-state index contributed by atoms with van der Waals surface area (Å²) >= 11 is 0. The largest absolute Gasteiger partial charge is 0.193 e. The van der Waals surface area contributed by atoms with Gasteiger partial charge in [0.1, 0.15) is 0 Å². The fourth-order valence-corrected chi connectivity index (χ4v) is 16.2. The van der Waals surface area contributed by atoms with Gasteiger partial charge < -0.3 is 0 Å². The Morgan fingerprint density at radius 3 is 1.12 bits per heavy atom. The van der Waals surface area contributed by atoms with Crippen molar-refractivity contribution in [1.82, 2.24) is 0 Å². The molecular formula is C62H50S2. The molecule has 0 saturated carbocycles. The number of benzene rings is 9. The van der Waals surface area contributed by atoms with E-state index in [0.29, 0.717) is 0 Å². The Morgan fingerprint density at radius 1 is 0.344 bits per heavy atom. The molecule has 0 radical (unpaired) electrons. The van der Waals surface area contributed by atoms with E-state index in [-0.39, 0.29) is 0 Å². The van der Waals surface area contributed by atoms with Gasteiger partial charge in [-0.1, -0.05) is 146 Å². The van der Waals surface area contributed by atoms with Crippen LogP contribution < -0.4 is 0 Å². The number of fused-ring (bicyclic) bond motifs is 2. The summed E-state index contributed by atoms with van der Waals surface area (Å²) in [5, 5.41) is 11.0. The highest BCUT2D eigenvalue weighted by molar-refractivity contribution is 8.33. The summed E-state index contributed by atoms with van der Waals surface area (Å²) in [7, 11) is -2.64. The highest BCUT2D eigenvalue weighted by atomic mass is 32.3. The Bertz CT molecular complexity index is 3330. The fourth-order valence-electron chi connectivity index (χ4n) is 11.8. The van der Waals surface area contributed by atoms with Crippen molar-refractivity contribution in [3.05, 3.63) is 203 Å². The van der Waals surface area contributed by atoms with Crippen molar-refractivity contribution in [2.45, 2.75) is 45.3 Å². The molecule has 4 aliphatic carbocycles. The maximum atomic E-state index is 2.49. The van der Waals surface area contributed by atoms with Gasteiger partial charge in [0.25, 0.3) is 0 Å². The minimum Gasteiger partial charge on any atom is -0.193 e. The molecule has 0 aromatic heterocycles. The Morgan fingerprint density at radius 2 is 0.734 bits per heavy atom. The second kappa shape index (κ2) is 14.1. The highest BCUT2D eigenvalue weighted by Gasteiger charge is 2.28. The molecule has 0 aliphatic heterocycles. The van der Waals surface area contributed by atoms with E-state index in [1.807, 2.05) is 0 Å². The van der Waals surface area contributed by atoms with E-state index in [4.69, 9.17) is 0 Å². The Kier molecular flexibility index (Phi) is 8.40. The summed E-state index contributed by atoms with van der Waals surface area (Å²) in [5.41, 5.74) is 16.7. The minimum atomic E-state index is -1.32. The zero-order chi connectivity index (χ0) is 42.9. The van der Waals surface area contributed by atoms with E-state index in [2.05, 4.69) is 207 Å². The fraction of sp³-hybridized carbons (Fsp3) is 0.129. The maximum Gasteiger partial charge on any atom is 0.00152 e. The summed E-state index contributed by atoms with van der Waals surface area (Å²) in [5.74, 6) is 0. The number of hydrogen-bond acceptors (Lipinski definition) is 0. The van der Waals surface area contributed by atoms with Gasteiger partial charge in [0.05, 0.1) is 0 Å². The summed E-state index contributed by atoms with van der Waals surface area (Å²) in [6.45, 7) is 0. The van der Waals surface area contributed by atoms with Gasteiger partial charge in [-0.3, -0.25) is 0 Å². The molecule has 0 heterocycles. The van der Waals surface area contributed by atoms with Crippen molar-refractivity contribution < 1.29 is 0 Å². The third-order valence-corrected chi connectivity index (χ3v) is 20.9. The second-order valence-electron chi connectivity index (χ2n) is 19.0. The molecule has 0 nitrogen and oxygen atoms in total. The first-order valence-corrected chi connectivity index (χ1v) is 27.7. The van der Waals surface area contributed by atoms with Crippen molar-refractivity contribution in [3.8, 4) is 22.3 Å². The van der Waals surface area contributed by atoms with Crippen LogP contribution >= 0.6 is 20.1 Å². The first-order valence-electron chi connectivity index (χ1n) is 22.8. The molecule has 2 heteroatoms. The van der Waals surface area contributed by atoms with Gasteiger partial charge in [-0.25, -0.2) is 0 Å². The Labute approximate surface area is 380 Å². The lowest BCUT2D eigenvalue weighted by atomic mass is 9.81. The minimum absolute atomic E-state index is 1.02. The Balaban J connectivity index is 0.889. The number of hydrogen-bond donors (Lipinski definition) is 0.